The lowest BCUT2D eigenvalue weighted by Crippen LogP contribution is -2.46. The van der Waals surface area contributed by atoms with Gasteiger partial charge < -0.3 is 24.8 Å². The van der Waals surface area contributed by atoms with E-state index in [9.17, 15) is 4.79 Å². The molecule has 140 valence electrons. The second kappa shape index (κ2) is 8.47. The molecule has 2 aromatic rings. The SMILES string of the molecule is COc1ccc(C(C)(C)NC(=O)NCc2ccc(OC)c(OC)c2)cc1. The predicted molar refractivity (Wildman–Crippen MR) is 101 cm³/mol. The van der Waals surface area contributed by atoms with Gasteiger partial charge in [-0.25, -0.2) is 4.79 Å². The number of carbonyl (C=O) groups is 1. The topological polar surface area (TPSA) is 68.8 Å². The van der Waals surface area contributed by atoms with Crippen molar-refractivity contribution in [2.45, 2.75) is 25.9 Å². The van der Waals surface area contributed by atoms with Crippen molar-refractivity contribution in [2.24, 2.45) is 0 Å². The summed E-state index contributed by atoms with van der Waals surface area (Å²) in [6.45, 7) is 4.28. The van der Waals surface area contributed by atoms with Gasteiger partial charge in [-0.1, -0.05) is 18.2 Å². The first-order chi connectivity index (χ1) is 12.4. The molecule has 2 amide bonds. The van der Waals surface area contributed by atoms with Crippen LogP contribution in [0.3, 0.4) is 0 Å². The Labute approximate surface area is 154 Å². The molecule has 0 radical (unpaired) electrons. The third-order valence-electron chi connectivity index (χ3n) is 4.14. The van der Waals surface area contributed by atoms with Gasteiger partial charge in [0.1, 0.15) is 5.75 Å². The Hall–Kier alpha value is -2.89. The number of carbonyl (C=O) groups excluding carboxylic acids is 1. The fourth-order valence-electron chi connectivity index (χ4n) is 2.58. The molecule has 2 N–H and O–H groups in total. The van der Waals surface area contributed by atoms with Crippen molar-refractivity contribution in [1.82, 2.24) is 10.6 Å². The molecular formula is C20H26N2O4. The molecule has 0 aliphatic heterocycles. The first-order valence-corrected chi connectivity index (χ1v) is 8.31. The second-order valence-corrected chi connectivity index (χ2v) is 6.35. The molecule has 2 aromatic carbocycles. The lowest BCUT2D eigenvalue weighted by Gasteiger charge is -2.27. The van der Waals surface area contributed by atoms with Crippen LogP contribution in [0.1, 0.15) is 25.0 Å². The molecule has 26 heavy (non-hydrogen) atoms. The molecule has 0 fully saturated rings. The van der Waals surface area contributed by atoms with Crippen LogP contribution in [0.5, 0.6) is 17.2 Å². The standard InChI is InChI=1S/C20H26N2O4/c1-20(2,15-7-9-16(24-3)10-8-15)22-19(23)21-13-14-6-11-17(25-4)18(12-14)26-5/h6-12H,13H2,1-5H3,(H2,21,22,23). The minimum absolute atomic E-state index is 0.249. The maximum atomic E-state index is 12.3. The third-order valence-corrected chi connectivity index (χ3v) is 4.14. The van der Waals surface area contributed by atoms with Gasteiger partial charge in [0.15, 0.2) is 11.5 Å². The second-order valence-electron chi connectivity index (χ2n) is 6.35. The van der Waals surface area contributed by atoms with Crippen molar-refractivity contribution in [3.05, 3.63) is 53.6 Å². The third kappa shape index (κ3) is 4.81. The van der Waals surface area contributed by atoms with Crippen molar-refractivity contribution >= 4 is 6.03 Å². The smallest absolute Gasteiger partial charge is 0.315 e. The average Bonchev–Trinajstić information content (AvgIpc) is 2.65. The van der Waals surface area contributed by atoms with Crippen LogP contribution >= 0.6 is 0 Å². The number of urea groups is 1. The van der Waals surface area contributed by atoms with Gasteiger partial charge in [0.25, 0.3) is 0 Å². The van der Waals surface area contributed by atoms with E-state index in [0.717, 1.165) is 16.9 Å². The molecule has 0 atom stereocenters. The van der Waals surface area contributed by atoms with Crippen LogP contribution in [0, 0.1) is 0 Å². The summed E-state index contributed by atoms with van der Waals surface area (Å²) in [5.41, 5.74) is 1.38. The Balaban J connectivity index is 1.97. The normalized spacial score (nSPS) is 10.8. The van der Waals surface area contributed by atoms with E-state index in [1.54, 1.807) is 21.3 Å². The minimum Gasteiger partial charge on any atom is -0.497 e. The van der Waals surface area contributed by atoms with Crippen LogP contribution in [0.15, 0.2) is 42.5 Å². The van der Waals surface area contributed by atoms with Gasteiger partial charge in [-0.05, 0) is 49.2 Å². The van der Waals surface area contributed by atoms with Crippen LogP contribution in [0.25, 0.3) is 0 Å². The van der Waals surface area contributed by atoms with Gasteiger partial charge in [-0.3, -0.25) is 0 Å². The lowest BCUT2D eigenvalue weighted by molar-refractivity contribution is 0.229. The minimum atomic E-state index is -0.520. The van der Waals surface area contributed by atoms with Gasteiger partial charge >= 0.3 is 6.03 Å². The Morgan fingerprint density at radius 1 is 0.923 bits per heavy atom. The number of benzene rings is 2. The number of nitrogens with one attached hydrogen (secondary N) is 2. The summed E-state index contributed by atoms with van der Waals surface area (Å²) in [6, 6.07) is 12.9. The van der Waals surface area contributed by atoms with E-state index in [1.165, 1.54) is 0 Å². The van der Waals surface area contributed by atoms with Gasteiger partial charge in [0.05, 0.1) is 26.9 Å². The Morgan fingerprint density at radius 3 is 2.15 bits per heavy atom. The highest BCUT2D eigenvalue weighted by Gasteiger charge is 2.22. The number of hydrogen-bond acceptors (Lipinski definition) is 4. The zero-order valence-corrected chi connectivity index (χ0v) is 15.9. The van der Waals surface area contributed by atoms with Gasteiger partial charge in [0, 0.05) is 6.54 Å². The Bertz CT molecular complexity index is 742. The highest BCUT2D eigenvalue weighted by atomic mass is 16.5. The molecule has 0 spiro atoms. The molecule has 0 bridgehead atoms. The fourth-order valence-corrected chi connectivity index (χ4v) is 2.58. The zero-order valence-electron chi connectivity index (χ0n) is 15.9. The van der Waals surface area contributed by atoms with Crippen LogP contribution in [0.2, 0.25) is 0 Å². The summed E-state index contributed by atoms with van der Waals surface area (Å²) in [5.74, 6) is 2.06. The largest absolute Gasteiger partial charge is 0.497 e. The van der Waals surface area contributed by atoms with E-state index >= 15 is 0 Å². The van der Waals surface area contributed by atoms with E-state index in [2.05, 4.69) is 10.6 Å². The van der Waals surface area contributed by atoms with Crippen molar-refractivity contribution in [1.29, 1.82) is 0 Å². The number of hydrogen-bond donors (Lipinski definition) is 2. The summed E-state index contributed by atoms with van der Waals surface area (Å²) in [4.78, 5) is 12.3. The number of amides is 2. The summed E-state index contributed by atoms with van der Waals surface area (Å²) < 4.78 is 15.7. The monoisotopic (exact) mass is 358 g/mol. The molecule has 6 nitrogen and oxygen atoms in total. The summed E-state index contributed by atoms with van der Waals surface area (Å²) in [5, 5.41) is 5.85. The quantitative estimate of drug-likeness (QED) is 0.795. The summed E-state index contributed by atoms with van der Waals surface area (Å²) >= 11 is 0. The van der Waals surface area contributed by atoms with Crippen molar-refractivity contribution in [3.8, 4) is 17.2 Å². The highest BCUT2D eigenvalue weighted by Crippen LogP contribution is 2.27. The molecular weight excluding hydrogens is 332 g/mol. The zero-order chi connectivity index (χ0) is 19.2. The molecule has 0 aliphatic rings. The van der Waals surface area contributed by atoms with Crippen molar-refractivity contribution in [2.75, 3.05) is 21.3 Å². The fraction of sp³-hybridized carbons (Fsp3) is 0.350. The molecule has 0 aromatic heterocycles. The predicted octanol–water partition coefficient (Wildman–Crippen LogP) is 3.45. The van der Waals surface area contributed by atoms with Crippen LogP contribution in [-0.4, -0.2) is 27.4 Å². The first-order valence-electron chi connectivity index (χ1n) is 8.31. The first kappa shape index (κ1) is 19.4. The number of ether oxygens (including phenoxy) is 3. The summed E-state index contributed by atoms with van der Waals surface area (Å²) in [6.07, 6.45) is 0. The average molecular weight is 358 g/mol. The summed E-state index contributed by atoms with van der Waals surface area (Å²) in [7, 11) is 4.80. The lowest BCUT2D eigenvalue weighted by atomic mass is 9.94. The van der Waals surface area contributed by atoms with Gasteiger partial charge in [-0.2, -0.15) is 0 Å². The van der Waals surface area contributed by atoms with E-state index in [4.69, 9.17) is 14.2 Å². The van der Waals surface area contributed by atoms with Gasteiger partial charge in [-0.15, -0.1) is 0 Å². The Kier molecular flexibility index (Phi) is 6.33. The number of methoxy groups -OCH3 is 3. The van der Waals surface area contributed by atoms with E-state index in [-0.39, 0.29) is 6.03 Å². The highest BCUT2D eigenvalue weighted by molar-refractivity contribution is 5.75. The maximum absolute atomic E-state index is 12.3. The maximum Gasteiger partial charge on any atom is 0.315 e. The Morgan fingerprint density at radius 2 is 1.58 bits per heavy atom. The van der Waals surface area contributed by atoms with E-state index < -0.39 is 5.54 Å². The molecule has 0 saturated carbocycles. The molecule has 0 saturated heterocycles. The molecule has 6 heteroatoms. The number of rotatable bonds is 7. The molecule has 0 aliphatic carbocycles. The molecule has 0 heterocycles. The van der Waals surface area contributed by atoms with Crippen molar-refractivity contribution in [3.63, 3.8) is 0 Å². The van der Waals surface area contributed by atoms with Crippen LogP contribution in [-0.2, 0) is 12.1 Å². The van der Waals surface area contributed by atoms with Gasteiger partial charge in [0.2, 0.25) is 0 Å². The van der Waals surface area contributed by atoms with E-state index in [1.807, 2.05) is 56.3 Å². The van der Waals surface area contributed by atoms with Crippen molar-refractivity contribution < 1.29 is 19.0 Å². The molecule has 0 unspecified atom stereocenters. The van der Waals surface area contributed by atoms with Crippen LogP contribution in [0.4, 0.5) is 4.79 Å². The van der Waals surface area contributed by atoms with E-state index in [0.29, 0.717) is 18.0 Å². The van der Waals surface area contributed by atoms with Crippen LogP contribution < -0.4 is 24.8 Å². The molecule has 2 rings (SSSR count).